The van der Waals surface area contributed by atoms with Gasteiger partial charge in [-0.2, -0.15) is 4.31 Å². The Balaban J connectivity index is 2.01. The molecular formula is C20H23NO4S. The van der Waals surface area contributed by atoms with E-state index in [1.807, 2.05) is 19.1 Å². The van der Waals surface area contributed by atoms with Gasteiger partial charge in [0.05, 0.1) is 24.0 Å². The van der Waals surface area contributed by atoms with Crippen LogP contribution in [0, 0.1) is 37.0 Å². The highest BCUT2D eigenvalue weighted by atomic mass is 32.2. The standard InChI is InChI=1S/C20H23NO4S/c1-4-12-21(26(23,24)17-10-6-14(3)7-11-17)19-16-9-8-15(13-16)18(19)20(22)25-5-2/h1,6-11,15-16,18-19H,5,12-13H2,2-3H3. The lowest BCUT2D eigenvalue weighted by molar-refractivity contribution is -0.150. The third-order valence-corrected chi connectivity index (χ3v) is 7.04. The summed E-state index contributed by atoms with van der Waals surface area (Å²) < 4.78 is 33.1. The van der Waals surface area contributed by atoms with Gasteiger partial charge in [0.1, 0.15) is 0 Å². The molecule has 1 saturated carbocycles. The second-order valence-corrected chi connectivity index (χ2v) is 8.67. The fourth-order valence-corrected chi connectivity index (χ4v) is 5.63. The summed E-state index contributed by atoms with van der Waals surface area (Å²) >= 11 is 0. The fourth-order valence-electron chi connectivity index (χ4n) is 4.03. The molecule has 1 fully saturated rings. The lowest BCUT2D eigenvalue weighted by Gasteiger charge is -2.35. The van der Waals surface area contributed by atoms with Gasteiger partial charge in [-0.1, -0.05) is 35.8 Å². The molecule has 6 heteroatoms. The SMILES string of the molecule is C#CCN(C1C2C=CC(C2)C1C(=O)OCC)S(=O)(=O)c1ccc(C)cc1. The van der Waals surface area contributed by atoms with Crippen molar-refractivity contribution in [3.63, 3.8) is 0 Å². The third-order valence-electron chi connectivity index (χ3n) is 5.18. The lowest BCUT2D eigenvalue weighted by Crippen LogP contribution is -2.49. The van der Waals surface area contributed by atoms with Gasteiger partial charge in [0.15, 0.2) is 0 Å². The van der Waals surface area contributed by atoms with E-state index in [0.717, 1.165) is 12.0 Å². The molecule has 26 heavy (non-hydrogen) atoms. The minimum Gasteiger partial charge on any atom is -0.466 e. The molecule has 2 aliphatic carbocycles. The number of rotatable bonds is 6. The Hall–Kier alpha value is -2.10. The van der Waals surface area contributed by atoms with Crippen molar-refractivity contribution in [3.05, 3.63) is 42.0 Å². The van der Waals surface area contributed by atoms with Crippen LogP contribution in [-0.4, -0.2) is 37.9 Å². The number of ether oxygens (including phenoxy) is 1. The van der Waals surface area contributed by atoms with Crippen LogP contribution < -0.4 is 0 Å². The smallest absolute Gasteiger partial charge is 0.311 e. The molecule has 4 unspecified atom stereocenters. The number of nitrogens with zero attached hydrogens (tertiary/aromatic N) is 1. The second kappa shape index (κ2) is 7.26. The highest BCUT2D eigenvalue weighted by molar-refractivity contribution is 7.89. The highest BCUT2D eigenvalue weighted by Gasteiger charge is 2.53. The van der Waals surface area contributed by atoms with Crippen molar-refractivity contribution in [1.82, 2.24) is 4.31 Å². The van der Waals surface area contributed by atoms with E-state index in [0.29, 0.717) is 0 Å². The maximum Gasteiger partial charge on any atom is 0.311 e. The zero-order valence-electron chi connectivity index (χ0n) is 15.0. The zero-order valence-corrected chi connectivity index (χ0v) is 15.8. The Morgan fingerprint density at radius 3 is 2.54 bits per heavy atom. The van der Waals surface area contributed by atoms with Crippen molar-refractivity contribution in [2.24, 2.45) is 17.8 Å². The number of esters is 1. The Morgan fingerprint density at radius 1 is 1.27 bits per heavy atom. The minimum absolute atomic E-state index is 0.00228. The molecule has 2 bridgehead atoms. The van der Waals surface area contributed by atoms with Gasteiger partial charge in [-0.3, -0.25) is 4.79 Å². The van der Waals surface area contributed by atoms with Gasteiger partial charge in [-0.15, -0.1) is 6.42 Å². The summed E-state index contributed by atoms with van der Waals surface area (Å²) in [6.45, 7) is 3.84. The molecule has 5 nitrogen and oxygen atoms in total. The van der Waals surface area contributed by atoms with Gasteiger partial charge in [0, 0.05) is 6.04 Å². The Labute approximate surface area is 155 Å². The first-order valence-electron chi connectivity index (χ1n) is 8.77. The molecule has 0 radical (unpaired) electrons. The molecule has 1 aromatic carbocycles. The number of allylic oxidation sites excluding steroid dienone is 1. The quantitative estimate of drug-likeness (QED) is 0.436. The molecule has 0 amide bonds. The molecule has 0 spiro atoms. The number of terminal acetylenes is 1. The number of aryl methyl sites for hydroxylation is 1. The molecule has 2 aliphatic rings. The van der Waals surface area contributed by atoms with Crippen LogP contribution in [0.4, 0.5) is 0 Å². The number of hydrogen-bond acceptors (Lipinski definition) is 4. The second-order valence-electron chi connectivity index (χ2n) is 6.78. The number of sulfonamides is 1. The summed E-state index contributed by atoms with van der Waals surface area (Å²) in [6, 6.07) is 6.16. The minimum atomic E-state index is -3.82. The van der Waals surface area contributed by atoms with Crippen LogP contribution in [0.15, 0.2) is 41.3 Å². The number of hydrogen-bond donors (Lipinski definition) is 0. The van der Waals surface area contributed by atoms with Crippen LogP contribution in [0.5, 0.6) is 0 Å². The van der Waals surface area contributed by atoms with E-state index in [1.54, 1.807) is 31.2 Å². The molecule has 138 valence electrons. The normalized spacial score (nSPS) is 26.8. The van der Waals surface area contributed by atoms with Crippen LogP contribution in [0.1, 0.15) is 18.9 Å². The molecule has 3 rings (SSSR count). The van der Waals surface area contributed by atoms with E-state index in [9.17, 15) is 13.2 Å². The van der Waals surface area contributed by atoms with E-state index < -0.39 is 22.0 Å². The predicted octanol–water partition coefficient (Wildman–Crippen LogP) is 2.37. The molecular weight excluding hydrogens is 350 g/mol. The van der Waals surface area contributed by atoms with Gasteiger partial charge in [0.2, 0.25) is 10.0 Å². The van der Waals surface area contributed by atoms with Crippen molar-refractivity contribution in [3.8, 4) is 12.3 Å². The van der Waals surface area contributed by atoms with Gasteiger partial charge in [0.25, 0.3) is 0 Å². The lowest BCUT2D eigenvalue weighted by atomic mass is 9.89. The Kier molecular flexibility index (Phi) is 5.22. The average Bonchev–Trinajstić information content (AvgIpc) is 3.21. The van der Waals surface area contributed by atoms with Crippen LogP contribution in [0.2, 0.25) is 0 Å². The summed E-state index contributed by atoms with van der Waals surface area (Å²) in [5.41, 5.74) is 0.972. The fraction of sp³-hybridized carbons (Fsp3) is 0.450. The largest absolute Gasteiger partial charge is 0.466 e. The first-order chi connectivity index (χ1) is 12.4. The molecule has 0 aliphatic heterocycles. The molecule has 0 aromatic heterocycles. The number of fused-ring (bicyclic) bond motifs is 2. The molecule has 1 aromatic rings. The van der Waals surface area contributed by atoms with Crippen molar-refractivity contribution in [1.29, 1.82) is 0 Å². The summed E-state index contributed by atoms with van der Waals surface area (Å²) in [4.78, 5) is 12.7. The van der Waals surface area contributed by atoms with E-state index in [-0.39, 0.29) is 35.9 Å². The monoisotopic (exact) mass is 373 g/mol. The summed E-state index contributed by atoms with van der Waals surface area (Å²) in [7, 11) is -3.82. The van der Waals surface area contributed by atoms with Crippen molar-refractivity contribution < 1.29 is 17.9 Å². The van der Waals surface area contributed by atoms with Crippen LogP contribution in [-0.2, 0) is 19.6 Å². The van der Waals surface area contributed by atoms with Crippen LogP contribution >= 0.6 is 0 Å². The van der Waals surface area contributed by atoms with Crippen LogP contribution in [0.25, 0.3) is 0 Å². The molecule has 0 N–H and O–H groups in total. The molecule has 0 saturated heterocycles. The first-order valence-corrected chi connectivity index (χ1v) is 10.2. The zero-order chi connectivity index (χ0) is 18.9. The Bertz CT molecular complexity index is 851. The number of benzene rings is 1. The van der Waals surface area contributed by atoms with Crippen LogP contribution in [0.3, 0.4) is 0 Å². The third kappa shape index (κ3) is 3.17. The molecule has 4 atom stereocenters. The summed E-state index contributed by atoms with van der Waals surface area (Å²) in [5, 5.41) is 0. The summed E-state index contributed by atoms with van der Waals surface area (Å²) in [5.74, 6) is 1.56. The number of carbonyl (C=O) groups is 1. The van der Waals surface area contributed by atoms with Crippen molar-refractivity contribution >= 4 is 16.0 Å². The van der Waals surface area contributed by atoms with Gasteiger partial charge < -0.3 is 4.74 Å². The number of carbonyl (C=O) groups excluding carboxylic acids is 1. The highest BCUT2D eigenvalue weighted by Crippen LogP contribution is 2.47. The topological polar surface area (TPSA) is 63.7 Å². The Morgan fingerprint density at radius 2 is 1.92 bits per heavy atom. The average molecular weight is 373 g/mol. The van der Waals surface area contributed by atoms with Gasteiger partial charge in [-0.05, 0) is 44.2 Å². The molecule has 0 heterocycles. The van der Waals surface area contributed by atoms with Gasteiger partial charge >= 0.3 is 5.97 Å². The van der Waals surface area contributed by atoms with E-state index >= 15 is 0 Å². The summed E-state index contributed by atoms with van der Waals surface area (Å²) in [6.07, 6.45) is 10.2. The van der Waals surface area contributed by atoms with E-state index in [1.165, 1.54) is 4.31 Å². The van der Waals surface area contributed by atoms with Crippen molar-refractivity contribution in [2.45, 2.75) is 31.2 Å². The maximum absolute atomic E-state index is 13.3. The predicted molar refractivity (Wildman–Crippen MR) is 98.6 cm³/mol. The maximum atomic E-state index is 13.3. The van der Waals surface area contributed by atoms with E-state index in [4.69, 9.17) is 11.2 Å². The van der Waals surface area contributed by atoms with E-state index in [2.05, 4.69) is 5.92 Å². The first kappa shape index (κ1) is 18.7. The van der Waals surface area contributed by atoms with Gasteiger partial charge in [-0.25, -0.2) is 8.42 Å². The van der Waals surface area contributed by atoms with Crippen molar-refractivity contribution in [2.75, 3.05) is 13.2 Å².